The Labute approximate surface area is 285 Å². The van der Waals surface area contributed by atoms with Crippen molar-refractivity contribution >= 4 is 32.6 Å². The highest BCUT2D eigenvalue weighted by molar-refractivity contribution is 6.06. The molecule has 7 aromatic carbocycles. The van der Waals surface area contributed by atoms with Gasteiger partial charge in [-0.3, -0.25) is 4.98 Å². The van der Waals surface area contributed by atoms with E-state index in [9.17, 15) is 0 Å². The molecule has 0 atom stereocenters. The summed E-state index contributed by atoms with van der Waals surface area (Å²) in [5, 5.41) is 4.61. The van der Waals surface area contributed by atoms with Gasteiger partial charge < -0.3 is 0 Å². The first-order valence-electron chi connectivity index (χ1n) is 16.8. The Balaban J connectivity index is 1.36. The molecule has 1 aliphatic carbocycles. The molecule has 0 fully saturated rings. The fourth-order valence-electron chi connectivity index (χ4n) is 8.26. The summed E-state index contributed by atoms with van der Waals surface area (Å²) in [7, 11) is 0. The van der Waals surface area contributed by atoms with Crippen LogP contribution in [0.2, 0.25) is 0 Å². The van der Waals surface area contributed by atoms with E-state index < -0.39 is 5.41 Å². The Bertz CT molecular complexity index is 2670. The normalized spacial score (nSPS) is 13.1. The van der Waals surface area contributed by atoms with Crippen LogP contribution in [0.5, 0.6) is 0 Å². The lowest BCUT2D eigenvalue weighted by molar-refractivity contribution is 0.769. The molecular formula is C47H30N2. The second-order valence-corrected chi connectivity index (χ2v) is 12.9. The van der Waals surface area contributed by atoms with Gasteiger partial charge in [0.15, 0.2) is 0 Å². The molecule has 0 radical (unpaired) electrons. The van der Waals surface area contributed by atoms with E-state index in [2.05, 4.69) is 170 Å². The number of pyridine rings is 2. The summed E-state index contributed by atoms with van der Waals surface area (Å²) in [6.07, 6.45) is 1.86. The molecule has 228 valence electrons. The molecule has 0 unspecified atom stereocenters. The highest BCUT2D eigenvalue weighted by atomic mass is 14.8. The molecule has 2 heteroatoms. The zero-order valence-corrected chi connectivity index (χ0v) is 26.7. The minimum atomic E-state index is -0.508. The number of hydrogen-bond acceptors (Lipinski definition) is 2. The third-order valence-electron chi connectivity index (χ3n) is 10.4. The average Bonchev–Trinajstić information content (AvgIpc) is 3.47. The number of benzene rings is 7. The summed E-state index contributed by atoms with van der Waals surface area (Å²) in [6.45, 7) is 0. The SMILES string of the molecule is c1ccc(C2(c3ccccc3)c3ccccc3-c3cc(-c4cccc5ccccc45)c(-c4ccc5ccc6cccnc6c5n4)cc32)cc1. The highest BCUT2D eigenvalue weighted by Crippen LogP contribution is 2.58. The smallest absolute Gasteiger partial charge is 0.0972 e. The first kappa shape index (κ1) is 27.7. The van der Waals surface area contributed by atoms with Crippen molar-refractivity contribution in [1.29, 1.82) is 0 Å². The Morgan fingerprint density at radius 2 is 1.00 bits per heavy atom. The zero-order chi connectivity index (χ0) is 32.4. The van der Waals surface area contributed by atoms with Gasteiger partial charge in [0.1, 0.15) is 0 Å². The second-order valence-electron chi connectivity index (χ2n) is 12.9. The summed E-state index contributed by atoms with van der Waals surface area (Å²) in [5.74, 6) is 0. The Morgan fingerprint density at radius 3 is 1.82 bits per heavy atom. The van der Waals surface area contributed by atoms with Crippen molar-refractivity contribution < 1.29 is 0 Å². The van der Waals surface area contributed by atoms with Gasteiger partial charge in [0, 0.05) is 22.5 Å². The highest BCUT2D eigenvalue weighted by Gasteiger charge is 2.46. The molecule has 0 saturated heterocycles. The maximum absolute atomic E-state index is 5.45. The number of rotatable bonds is 4. The third-order valence-corrected chi connectivity index (χ3v) is 10.4. The summed E-state index contributed by atoms with van der Waals surface area (Å²) in [6, 6.07) is 63.9. The minimum Gasteiger partial charge on any atom is -0.254 e. The van der Waals surface area contributed by atoms with Crippen LogP contribution in [0, 0.1) is 0 Å². The van der Waals surface area contributed by atoms with Crippen LogP contribution in [0.4, 0.5) is 0 Å². The molecule has 0 bridgehead atoms. The molecule has 0 N–H and O–H groups in total. The van der Waals surface area contributed by atoms with Crippen LogP contribution in [0.15, 0.2) is 182 Å². The molecule has 1 aliphatic rings. The standard InChI is InChI=1S/C47H30N2/c1-3-16-34(17-4-1)47(35-18-5-2-6-19-35)42-23-10-9-21-38(42)40-29-39(37-22-11-14-31-13-7-8-20-36(31)37)41(30-43(40)47)44-27-26-33-25-24-32-15-12-28-48-45(32)46(33)49-44/h1-30H. The lowest BCUT2D eigenvalue weighted by Gasteiger charge is -2.34. The first-order valence-corrected chi connectivity index (χ1v) is 16.8. The quantitative estimate of drug-likeness (QED) is 0.183. The van der Waals surface area contributed by atoms with Crippen molar-refractivity contribution in [2.24, 2.45) is 0 Å². The largest absolute Gasteiger partial charge is 0.254 e. The van der Waals surface area contributed by atoms with Crippen molar-refractivity contribution in [3.05, 3.63) is 204 Å². The van der Waals surface area contributed by atoms with Crippen LogP contribution in [-0.2, 0) is 5.41 Å². The topological polar surface area (TPSA) is 25.8 Å². The van der Waals surface area contributed by atoms with Crippen molar-refractivity contribution in [2.75, 3.05) is 0 Å². The van der Waals surface area contributed by atoms with Crippen LogP contribution in [0.3, 0.4) is 0 Å². The van der Waals surface area contributed by atoms with E-state index in [0.717, 1.165) is 33.1 Å². The summed E-state index contributed by atoms with van der Waals surface area (Å²) >= 11 is 0. The van der Waals surface area contributed by atoms with Gasteiger partial charge in [0.2, 0.25) is 0 Å². The molecule has 0 saturated carbocycles. The molecule has 10 rings (SSSR count). The lowest BCUT2D eigenvalue weighted by atomic mass is 9.67. The van der Waals surface area contributed by atoms with E-state index in [0.29, 0.717) is 0 Å². The second kappa shape index (κ2) is 10.8. The summed E-state index contributed by atoms with van der Waals surface area (Å²) < 4.78 is 0. The Morgan fingerprint density at radius 1 is 0.367 bits per heavy atom. The number of nitrogens with zero attached hydrogens (tertiary/aromatic N) is 2. The Hall–Kier alpha value is -6.38. The fourth-order valence-corrected chi connectivity index (χ4v) is 8.26. The minimum absolute atomic E-state index is 0.508. The van der Waals surface area contributed by atoms with Crippen LogP contribution < -0.4 is 0 Å². The number of fused-ring (bicyclic) bond motifs is 7. The molecule has 0 aliphatic heterocycles. The van der Waals surface area contributed by atoms with Crippen molar-refractivity contribution in [1.82, 2.24) is 9.97 Å². The predicted octanol–water partition coefficient (Wildman–Crippen LogP) is 11.6. The summed E-state index contributed by atoms with van der Waals surface area (Å²) in [4.78, 5) is 10.2. The van der Waals surface area contributed by atoms with Crippen LogP contribution in [-0.4, -0.2) is 9.97 Å². The molecule has 2 heterocycles. The molecule has 49 heavy (non-hydrogen) atoms. The van der Waals surface area contributed by atoms with E-state index in [-0.39, 0.29) is 0 Å². The van der Waals surface area contributed by atoms with Crippen molar-refractivity contribution in [2.45, 2.75) is 5.41 Å². The molecule has 2 nitrogen and oxygen atoms in total. The van der Waals surface area contributed by atoms with Crippen molar-refractivity contribution in [3.8, 4) is 33.5 Å². The molecule has 9 aromatic rings. The number of hydrogen-bond donors (Lipinski definition) is 0. The van der Waals surface area contributed by atoms with Gasteiger partial charge in [-0.05, 0) is 79.5 Å². The van der Waals surface area contributed by atoms with E-state index in [1.165, 1.54) is 55.3 Å². The van der Waals surface area contributed by atoms with E-state index in [1.54, 1.807) is 0 Å². The molecule has 2 aromatic heterocycles. The number of aromatic nitrogens is 2. The molecule has 0 amide bonds. The van der Waals surface area contributed by atoms with Gasteiger partial charge in [-0.25, -0.2) is 4.98 Å². The van der Waals surface area contributed by atoms with Gasteiger partial charge in [-0.2, -0.15) is 0 Å². The Kier molecular flexibility index (Phi) is 6.13. The van der Waals surface area contributed by atoms with E-state index in [4.69, 9.17) is 9.97 Å². The molecular weight excluding hydrogens is 593 g/mol. The lowest BCUT2D eigenvalue weighted by Crippen LogP contribution is -2.28. The fraction of sp³-hybridized carbons (Fsp3) is 0.0213. The predicted molar refractivity (Wildman–Crippen MR) is 203 cm³/mol. The van der Waals surface area contributed by atoms with Gasteiger partial charge in [-0.15, -0.1) is 0 Å². The van der Waals surface area contributed by atoms with Gasteiger partial charge in [0.25, 0.3) is 0 Å². The summed E-state index contributed by atoms with van der Waals surface area (Å²) in [5.41, 5.74) is 13.3. The maximum atomic E-state index is 5.45. The van der Waals surface area contributed by atoms with Gasteiger partial charge in [0.05, 0.1) is 22.1 Å². The van der Waals surface area contributed by atoms with Crippen LogP contribution in [0.25, 0.3) is 66.1 Å². The van der Waals surface area contributed by atoms with E-state index >= 15 is 0 Å². The van der Waals surface area contributed by atoms with Gasteiger partial charge >= 0.3 is 0 Å². The zero-order valence-electron chi connectivity index (χ0n) is 26.7. The third kappa shape index (κ3) is 4.07. The monoisotopic (exact) mass is 622 g/mol. The average molecular weight is 623 g/mol. The first-order chi connectivity index (χ1) is 24.3. The maximum Gasteiger partial charge on any atom is 0.0972 e. The van der Waals surface area contributed by atoms with Crippen LogP contribution >= 0.6 is 0 Å². The van der Waals surface area contributed by atoms with Crippen molar-refractivity contribution in [3.63, 3.8) is 0 Å². The molecule has 0 spiro atoms. The van der Waals surface area contributed by atoms with E-state index in [1.807, 2.05) is 12.3 Å². The van der Waals surface area contributed by atoms with Crippen LogP contribution in [0.1, 0.15) is 22.3 Å². The van der Waals surface area contributed by atoms with Gasteiger partial charge in [-0.1, -0.05) is 152 Å².